The topological polar surface area (TPSA) is 71.2 Å². The van der Waals surface area contributed by atoms with Gasteiger partial charge in [0.05, 0.1) is 5.56 Å². The van der Waals surface area contributed by atoms with Crippen LogP contribution in [-0.2, 0) is 0 Å². The molecule has 0 saturated carbocycles. The van der Waals surface area contributed by atoms with Gasteiger partial charge in [-0.3, -0.25) is 4.79 Å². The third-order valence-electron chi connectivity index (χ3n) is 2.39. The van der Waals surface area contributed by atoms with Crippen LogP contribution in [0, 0.1) is 0 Å². The second-order valence-corrected chi connectivity index (χ2v) is 4.22. The first kappa shape index (κ1) is 15.2. The molecule has 0 aliphatic carbocycles. The Balaban J connectivity index is 2.92. The zero-order valence-electron chi connectivity index (χ0n) is 10.5. The zero-order chi connectivity index (χ0) is 14.6. The number of pyridine rings is 1. The average Bonchev–Trinajstić information content (AvgIpc) is 2.34. The first-order chi connectivity index (χ1) is 8.74. The maximum absolute atomic E-state index is 12.4. The van der Waals surface area contributed by atoms with Crippen molar-refractivity contribution in [1.29, 1.82) is 0 Å². The van der Waals surface area contributed by atoms with Gasteiger partial charge >= 0.3 is 6.18 Å². The van der Waals surface area contributed by atoms with Crippen molar-refractivity contribution in [3.63, 3.8) is 0 Å². The third-order valence-corrected chi connectivity index (χ3v) is 2.39. The molecule has 0 radical (unpaired) electrons. The Bertz CT molecular complexity index is 431. The number of carbonyl (C=O) groups is 1. The molecule has 8 heteroatoms. The number of rotatable bonds is 4. The number of anilines is 1. The van der Waals surface area contributed by atoms with E-state index in [0.29, 0.717) is 5.82 Å². The summed E-state index contributed by atoms with van der Waals surface area (Å²) in [5.74, 6) is 4.71. The Kier molecular flexibility index (Phi) is 4.71. The van der Waals surface area contributed by atoms with Crippen LogP contribution in [0.4, 0.5) is 19.0 Å². The molecule has 0 aliphatic heterocycles. The molecule has 5 nitrogen and oxygen atoms in total. The second kappa shape index (κ2) is 5.87. The van der Waals surface area contributed by atoms with Crippen LogP contribution in [0.5, 0.6) is 0 Å². The standard InChI is InChI=1S/C11H15F3N4O/c1-7(2)18(6-11(12,13)14)10(19)8-3-4-9(17-15)16-5-8/h3-5,7H,6,15H2,1-2H3,(H,16,17). The Morgan fingerprint density at radius 1 is 1.47 bits per heavy atom. The lowest BCUT2D eigenvalue weighted by Crippen LogP contribution is -2.43. The first-order valence-electron chi connectivity index (χ1n) is 5.55. The number of nitrogen functional groups attached to an aromatic ring is 1. The summed E-state index contributed by atoms with van der Waals surface area (Å²) in [5.41, 5.74) is 2.35. The number of hydrogen-bond acceptors (Lipinski definition) is 4. The van der Waals surface area contributed by atoms with E-state index in [9.17, 15) is 18.0 Å². The second-order valence-electron chi connectivity index (χ2n) is 4.22. The summed E-state index contributed by atoms with van der Waals surface area (Å²) in [7, 11) is 0. The van der Waals surface area contributed by atoms with Gasteiger partial charge in [0.25, 0.3) is 5.91 Å². The van der Waals surface area contributed by atoms with E-state index in [1.165, 1.54) is 32.2 Å². The number of aromatic nitrogens is 1. The Morgan fingerprint density at radius 3 is 2.47 bits per heavy atom. The summed E-state index contributed by atoms with van der Waals surface area (Å²) in [6.45, 7) is 1.75. The van der Waals surface area contributed by atoms with Crippen LogP contribution in [0.15, 0.2) is 18.3 Å². The van der Waals surface area contributed by atoms with Gasteiger partial charge in [0.2, 0.25) is 0 Å². The summed E-state index contributed by atoms with van der Waals surface area (Å²) < 4.78 is 37.3. The van der Waals surface area contributed by atoms with Gasteiger partial charge in [-0.25, -0.2) is 10.8 Å². The number of hydrazine groups is 1. The fraction of sp³-hybridized carbons (Fsp3) is 0.455. The van der Waals surface area contributed by atoms with Crippen molar-refractivity contribution in [1.82, 2.24) is 9.88 Å². The van der Waals surface area contributed by atoms with Gasteiger partial charge in [-0.2, -0.15) is 13.2 Å². The number of carbonyl (C=O) groups excluding carboxylic acids is 1. The molecular formula is C11H15F3N4O. The molecular weight excluding hydrogens is 261 g/mol. The molecule has 0 aliphatic rings. The van der Waals surface area contributed by atoms with E-state index < -0.39 is 24.7 Å². The number of nitrogens with one attached hydrogen (secondary N) is 1. The van der Waals surface area contributed by atoms with E-state index in [2.05, 4.69) is 10.4 Å². The van der Waals surface area contributed by atoms with E-state index in [-0.39, 0.29) is 5.56 Å². The molecule has 0 unspecified atom stereocenters. The predicted molar refractivity (Wildman–Crippen MR) is 64.3 cm³/mol. The molecule has 19 heavy (non-hydrogen) atoms. The third kappa shape index (κ3) is 4.40. The first-order valence-corrected chi connectivity index (χ1v) is 5.55. The molecule has 1 rings (SSSR count). The number of nitrogens with two attached hydrogens (primary N) is 1. The van der Waals surface area contributed by atoms with Gasteiger partial charge in [-0.15, -0.1) is 0 Å². The summed E-state index contributed by atoms with van der Waals surface area (Å²) in [4.78, 5) is 16.5. The van der Waals surface area contributed by atoms with Gasteiger partial charge in [0, 0.05) is 12.2 Å². The summed E-state index contributed by atoms with van der Waals surface area (Å²) in [5, 5.41) is 0. The molecule has 0 bridgehead atoms. The molecule has 106 valence electrons. The lowest BCUT2D eigenvalue weighted by atomic mass is 10.2. The monoisotopic (exact) mass is 276 g/mol. The number of halogens is 3. The number of alkyl halides is 3. The van der Waals surface area contributed by atoms with Gasteiger partial charge in [-0.05, 0) is 26.0 Å². The van der Waals surface area contributed by atoms with Crippen molar-refractivity contribution >= 4 is 11.7 Å². The van der Waals surface area contributed by atoms with Crippen LogP contribution < -0.4 is 11.3 Å². The highest BCUT2D eigenvalue weighted by molar-refractivity contribution is 5.94. The number of amides is 1. The minimum absolute atomic E-state index is 0.0805. The number of hydrogen-bond donors (Lipinski definition) is 2. The van der Waals surface area contributed by atoms with E-state index in [4.69, 9.17) is 5.84 Å². The summed E-state index contributed by atoms with van der Waals surface area (Å²) in [6.07, 6.45) is -3.25. The maximum atomic E-state index is 12.4. The van der Waals surface area contributed by atoms with Crippen molar-refractivity contribution < 1.29 is 18.0 Å². The molecule has 1 aromatic heterocycles. The molecule has 1 aromatic rings. The van der Waals surface area contributed by atoms with Crippen molar-refractivity contribution in [3.8, 4) is 0 Å². The number of nitrogens with zero attached hydrogens (tertiary/aromatic N) is 2. The van der Waals surface area contributed by atoms with E-state index in [0.717, 1.165) is 4.90 Å². The Hall–Kier alpha value is -1.83. The summed E-state index contributed by atoms with van der Waals surface area (Å²) >= 11 is 0. The highest BCUT2D eigenvalue weighted by Gasteiger charge is 2.34. The maximum Gasteiger partial charge on any atom is 0.406 e. The van der Waals surface area contributed by atoms with E-state index >= 15 is 0 Å². The molecule has 3 N–H and O–H groups in total. The normalized spacial score (nSPS) is 11.5. The van der Waals surface area contributed by atoms with Crippen LogP contribution in [0.3, 0.4) is 0 Å². The molecule has 0 fully saturated rings. The van der Waals surface area contributed by atoms with Crippen LogP contribution in [0.2, 0.25) is 0 Å². The minimum Gasteiger partial charge on any atom is -0.327 e. The minimum atomic E-state index is -4.44. The van der Waals surface area contributed by atoms with Crippen molar-refractivity contribution in [2.24, 2.45) is 5.84 Å². The molecule has 0 saturated heterocycles. The predicted octanol–water partition coefficient (Wildman–Crippen LogP) is 1.78. The highest BCUT2D eigenvalue weighted by Crippen LogP contribution is 2.20. The van der Waals surface area contributed by atoms with E-state index in [1.807, 2.05) is 0 Å². The van der Waals surface area contributed by atoms with Gasteiger partial charge in [0.15, 0.2) is 0 Å². The SMILES string of the molecule is CC(C)N(CC(F)(F)F)C(=O)c1ccc(NN)nc1. The molecule has 1 heterocycles. The smallest absolute Gasteiger partial charge is 0.327 e. The van der Waals surface area contributed by atoms with E-state index in [1.54, 1.807) is 0 Å². The lowest BCUT2D eigenvalue weighted by Gasteiger charge is -2.27. The highest BCUT2D eigenvalue weighted by atomic mass is 19.4. The van der Waals surface area contributed by atoms with Gasteiger partial charge < -0.3 is 10.3 Å². The fourth-order valence-corrected chi connectivity index (χ4v) is 1.45. The van der Waals surface area contributed by atoms with Crippen LogP contribution >= 0.6 is 0 Å². The van der Waals surface area contributed by atoms with Crippen LogP contribution in [0.1, 0.15) is 24.2 Å². The van der Waals surface area contributed by atoms with Crippen molar-refractivity contribution in [2.75, 3.05) is 12.0 Å². The quantitative estimate of drug-likeness (QED) is 0.649. The Morgan fingerprint density at radius 2 is 2.11 bits per heavy atom. The van der Waals surface area contributed by atoms with Gasteiger partial charge in [0.1, 0.15) is 12.4 Å². The average molecular weight is 276 g/mol. The Labute approximate surface area is 108 Å². The molecule has 0 aromatic carbocycles. The fourth-order valence-electron chi connectivity index (χ4n) is 1.45. The van der Waals surface area contributed by atoms with Crippen LogP contribution in [-0.4, -0.2) is 34.6 Å². The molecule has 0 spiro atoms. The van der Waals surface area contributed by atoms with Crippen molar-refractivity contribution in [3.05, 3.63) is 23.9 Å². The summed E-state index contributed by atoms with van der Waals surface area (Å²) in [6, 6.07) is 2.22. The zero-order valence-corrected chi connectivity index (χ0v) is 10.5. The van der Waals surface area contributed by atoms with Crippen LogP contribution in [0.25, 0.3) is 0 Å². The molecule has 0 atom stereocenters. The molecule has 1 amide bonds. The largest absolute Gasteiger partial charge is 0.406 e. The lowest BCUT2D eigenvalue weighted by molar-refractivity contribution is -0.143. The van der Waals surface area contributed by atoms with Crippen molar-refractivity contribution in [2.45, 2.75) is 26.1 Å². The van der Waals surface area contributed by atoms with Gasteiger partial charge in [-0.1, -0.05) is 0 Å².